The Labute approximate surface area is 160 Å². The van der Waals surface area contributed by atoms with E-state index in [9.17, 15) is 9.59 Å². The van der Waals surface area contributed by atoms with E-state index in [4.69, 9.17) is 14.6 Å². The zero-order valence-electron chi connectivity index (χ0n) is 14.6. The fourth-order valence-corrected chi connectivity index (χ4v) is 2.98. The van der Waals surface area contributed by atoms with E-state index in [-0.39, 0.29) is 19.0 Å². The summed E-state index contributed by atoms with van der Waals surface area (Å²) in [5, 5.41) is 9.15. The van der Waals surface area contributed by atoms with Crippen LogP contribution in [0.2, 0.25) is 0 Å². The van der Waals surface area contributed by atoms with Crippen molar-refractivity contribution in [2.24, 2.45) is 0 Å². The van der Waals surface area contributed by atoms with Crippen molar-refractivity contribution in [2.75, 3.05) is 27.3 Å². The van der Waals surface area contributed by atoms with Gasteiger partial charge in [-0.2, -0.15) is 0 Å². The highest BCUT2D eigenvalue weighted by atomic mass is 79.9. The second-order valence-corrected chi connectivity index (χ2v) is 6.39. The highest BCUT2D eigenvalue weighted by Crippen LogP contribution is 2.28. The van der Waals surface area contributed by atoms with E-state index in [1.165, 1.54) is 4.90 Å². The number of hydrogen-bond donors (Lipinski definition) is 1. The first-order chi connectivity index (χ1) is 12.5. The average molecular weight is 422 g/mol. The molecule has 2 rings (SSSR count). The number of amides is 1. The Morgan fingerprint density at radius 1 is 1.08 bits per heavy atom. The highest BCUT2D eigenvalue weighted by Gasteiger charge is 2.20. The van der Waals surface area contributed by atoms with Gasteiger partial charge in [-0.25, -0.2) is 0 Å². The first-order valence-electron chi connectivity index (χ1n) is 7.92. The van der Waals surface area contributed by atoms with Gasteiger partial charge in [-0.1, -0.05) is 18.2 Å². The van der Waals surface area contributed by atoms with Crippen LogP contribution in [0.1, 0.15) is 15.9 Å². The number of halogens is 1. The molecule has 0 aromatic heterocycles. The normalized spacial score (nSPS) is 10.3. The fraction of sp³-hybridized carbons (Fsp3) is 0.263. The molecule has 0 radical (unpaired) electrons. The van der Waals surface area contributed by atoms with E-state index in [0.29, 0.717) is 28.0 Å². The lowest BCUT2D eigenvalue weighted by atomic mass is 10.1. The second-order valence-electron chi connectivity index (χ2n) is 5.54. The van der Waals surface area contributed by atoms with Crippen LogP contribution in [0.15, 0.2) is 46.9 Å². The quantitative estimate of drug-likeness (QED) is 0.707. The number of methoxy groups -OCH3 is 2. The number of rotatable bonds is 8. The molecule has 0 saturated carbocycles. The van der Waals surface area contributed by atoms with E-state index < -0.39 is 5.97 Å². The van der Waals surface area contributed by atoms with Crippen molar-refractivity contribution in [3.05, 3.63) is 58.1 Å². The van der Waals surface area contributed by atoms with Crippen molar-refractivity contribution in [1.82, 2.24) is 4.90 Å². The molecule has 0 aliphatic rings. The zero-order valence-corrected chi connectivity index (χ0v) is 16.2. The van der Waals surface area contributed by atoms with Gasteiger partial charge in [0.2, 0.25) is 0 Å². The summed E-state index contributed by atoms with van der Waals surface area (Å²) in [7, 11) is 3.11. The molecule has 138 valence electrons. The number of hydrogen-bond acceptors (Lipinski definition) is 4. The molecule has 1 N–H and O–H groups in total. The van der Waals surface area contributed by atoms with Crippen molar-refractivity contribution in [2.45, 2.75) is 6.42 Å². The summed E-state index contributed by atoms with van der Waals surface area (Å²) >= 11 is 3.34. The first-order valence-corrected chi connectivity index (χ1v) is 8.72. The Morgan fingerprint density at radius 2 is 1.77 bits per heavy atom. The van der Waals surface area contributed by atoms with Gasteiger partial charge in [0.05, 0.1) is 19.8 Å². The van der Waals surface area contributed by atoms with Crippen molar-refractivity contribution < 1.29 is 24.2 Å². The van der Waals surface area contributed by atoms with Crippen LogP contribution >= 0.6 is 15.9 Å². The molecular formula is C19H20BrNO5. The van der Waals surface area contributed by atoms with Crippen molar-refractivity contribution >= 4 is 27.8 Å². The number of carbonyl (C=O) groups excluding carboxylic acids is 1. The third-order valence-corrected chi connectivity index (χ3v) is 4.53. The summed E-state index contributed by atoms with van der Waals surface area (Å²) in [4.78, 5) is 25.2. The maximum absolute atomic E-state index is 12.7. The van der Waals surface area contributed by atoms with Crippen LogP contribution < -0.4 is 9.47 Å². The smallest absolute Gasteiger partial charge is 0.323 e. The van der Waals surface area contributed by atoms with E-state index in [0.717, 1.165) is 5.56 Å². The Bertz CT molecular complexity index is 793. The molecule has 2 aromatic rings. The number of ether oxygens (including phenoxy) is 2. The van der Waals surface area contributed by atoms with E-state index in [2.05, 4.69) is 15.9 Å². The van der Waals surface area contributed by atoms with Gasteiger partial charge in [-0.15, -0.1) is 0 Å². The third kappa shape index (κ3) is 4.98. The lowest BCUT2D eigenvalue weighted by Gasteiger charge is -2.21. The van der Waals surface area contributed by atoms with Gasteiger partial charge in [0.1, 0.15) is 6.54 Å². The van der Waals surface area contributed by atoms with E-state index in [1.807, 2.05) is 12.1 Å². The van der Waals surface area contributed by atoms with Crippen molar-refractivity contribution in [1.29, 1.82) is 0 Å². The molecule has 7 heteroatoms. The molecule has 0 atom stereocenters. The molecule has 0 spiro atoms. The molecule has 0 saturated heterocycles. The molecule has 2 aromatic carbocycles. The Morgan fingerprint density at radius 3 is 2.38 bits per heavy atom. The summed E-state index contributed by atoms with van der Waals surface area (Å²) in [6.45, 7) is -0.102. The number of carboxylic acids is 1. The first kappa shape index (κ1) is 19.8. The molecule has 0 aliphatic heterocycles. The van der Waals surface area contributed by atoms with Crippen LogP contribution in [-0.2, 0) is 11.2 Å². The number of benzene rings is 2. The zero-order chi connectivity index (χ0) is 19.1. The molecule has 1 amide bonds. The topological polar surface area (TPSA) is 76.1 Å². The van der Waals surface area contributed by atoms with Crippen LogP contribution in [0.4, 0.5) is 0 Å². The van der Waals surface area contributed by atoms with Gasteiger partial charge in [0.25, 0.3) is 5.91 Å². The van der Waals surface area contributed by atoms with Gasteiger partial charge >= 0.3 is 5.97 Å². The second kappa shape index (κ2) is 9.24. The molecule has 0 aliphatic carbocycles. The number of carbonyl (C=O) groups is 2. The van der Waals surface area contributed by atoms with Crippen LogP contribution in [0.5, 0.6) is 11.5 Å². The molecule has 0 heterocycles. The minimum absolute atomic E-state index is 0.266. The van der Waals surface area contributed by atoms with Crippen LogP contribution in [0.25, 0.3) is 0 Å². The molecule has 0 fully saturated rings. The SMILES string of the molecule is COc1ccc(CCN(CC(=O)O)C(=O)c2ccccc2Br)cc1OC. The number of aliphatic carboxylic acids is 1. The predicted molar refractivity (Wildman–Crippen MR) is 101 cm³/mol. The number of nitrogens with zero attached hydrogens (tertiary/aromatic N) is 1. The number of carboxylic acid groups (broad SMARTS) is 1. The molecule has 26 heavy (non-hydrogen) atoms. The lowest BCUT2D eigenvalue weighted by molar-refractivity contribution is -0.137. The summed E-state index contributed by atoms with van der Waals surface area (Å²) in [6, 6.07) is 12.4. The Hall–Kier alpha value is -2.54. The maximum Gasteiger partial charge on any atom is 0.323 e. The molecule has 0 bridgehead atoms. The maximum atomic E-state index is 12.7. The molecular weight excluding hydrogens is 402 g/mol. The molecule has 6 nitrogen and oxygen atoms in total. The van der Waals surface area contributed by atoms with Gasteiger partial charge in [0.15, 0.2) is 11.5 Å². The van der Waals surface area contributed by atoms with Gasteiger partial charge < -0.3 is 19.5 Å². The summed E-state index contributed by atoms with van der Waals surface area (Å²) in [5.41, 5.74) is 1.35. The van der Waals surface area contributed by atoms with Crippen molar-refractivity contribution in [3.8, 4) is 11.5 Å². The van der Waals surface area contributed by atoms with E-state index in [1.54, 1.807) is 44.6 Å². The van der Waals surface area contributed by atoms with Crippen LogP contribution in [-0.4, -0.2) is 49.2 Å². The van der Waals surface area contributed by atoms with Gasteiger partial charge in [0, 0.05) is 11.0 Å². The van der Waals surface area contributed by atoms with Crippen LogP contribution in [0.3, 0.4) is 0 Å². The lowest BCUT2D eigenvalue weighted by Crippen LogP contribution is -2.37. The largest absolute Gasteiger partial charge is 0.493 e. The summed E-state index contributed by atoms with van der Waals surface area (Å²) < 4.78 is 11.1. The Kier molecular flexibility index (Phi) is 7.03. The van der Waals surface area contributed by atoms with Crippen LogP contribution in [0, 0.1) is 0 Å². The average Bonchev–Trinajstić information content (AvgIpc) is 2.64. The standard InChI is InChI=1S/C19H20BrNO5/c1-25-16-8-7-13(11-17(16)26-2)9-10-21(12-18(22)23)19(24)14-5-3-4-6-15(14)20/h3-8,11H,9-10,12H2,1-2H3,(H,22,23). The summed E-state index contributed by atoms with van der Waals surface area (Å²) in [6.07, 6.45) is 0.490. The fourth-order valence-electron chi connectivity index (χ4n) is 2.52. The monoisotopic (exact) mass is 421 g/mol. The Balaban J connectivity index is 2.17. The minimum Gasteiger partial charge on any atom is -0.493 e. The predicted octanol–water partition coefficient (Wildman–Crippen LogP) is 3.24. The molecule has 0 unspecified atom stereocenters. The third-order valence-electron chi connectivity index (χ3n) is 3.84. The highest BCUT2D eigenvalue weighted by molar-refractivity contribution is 9.10. The summed E-state index contributed by atoms with van der Waals surface area (Å²) in [5.74, 6) is -0.187. The van der Waals surface area contributed by atoms with E-state index >= 15 is 0 Å². The van der Waals surface area contributed by atoms with Gasteiger partial charge in [-0.3, -0.25) is 9.59 Å². The minimum atomic E-state index is -1.06. The van der Waals surface area contributed by atoms with Gasteiger partial charge in [-0.05, 0) is 52.2 Å². The van der Waals surface area contributed by atoms with Crippen molar-refractivity contribution in [3.63, 3.8) is 0 Å².